The average molecular weight is 385 g/mol. The first-order valence-electron chi connectivity index (χ1n) is 9.80. The van der Waals surface area contributed by atoms with Gasteiger partial charge in [0.25, 0.3) is 0 Å². The van der Waals surface area contributed by atoms with E-state index in [2.05, 4.69) is 13.8 Å². The van der Waals surface area contributed by atoms with Crippen molar-refractivity contribution in [1.82, 2.24) is 0 Å². The molecule has 0 spiro atoms. The molecule has 0 atom stereocenters. The number of benzene rings is 2. The largest absolute Gasteiger partial charge is 0.508 e. The van der Waals surface area contributed by atoms with E-state index >= 15 is 0 Å². The molecule has 1 N–H and O–H groups in total. The average Bonchev–Trinajstić information content (AvgIpc) is 2.61. The summed E-state index contributed by atoms with van der Waals surface area (Å²) in [4.78, 5) is 11.7. The number of carbonyl (C=O) groups excluding carboxylic acids is 1. The van der Waals surface area contributed by atoms with E-state index in [4.69, 9.17) is 9.47 Å². The Labute approximate surface area is 168 Å². The van der Waals surface area contributed by atoms with Gasteiger partial charge in [-0.15, -0.1) is 0 Å². The Morgan fingerprint density at radius 2 is 1.79 bits per heavy atom. The second-order valence-electron chi connectivity index (χ2n) is 8.27. The third-order valence-electron chi connectivity index (χ3n) is 5.03. The maximum atomic E-state index is 11.7. The van der Waals surface area contributed by atoms with E-state index in [1.165, 1.54) is 0 Å². The summed E-state index contributed by atoms with van der Waals surface area (Å²) in [5.74, 6) is 0.703. The van der Waals surface area contributed by atoms with Crippen molar-refractivity contribution >= 4 is 5.97 Å². The molecule has 0 saturated carbocycles. The number of phenolic OH excluding ortho intramolecular Hbond substituents is 1. The molecule has 0 heterocycles. The predicted octanol–water partition coefficient (Wildman–Crippen LogP) is 5.45. The van der Waals surface area contributed by atoms with Crippen molar-refractivity contribution in [2.75, 3.05) is 6.61 Å². The minimum Gasteiger partial charge on any atom is -0.508 e. The van der Waals surface area contributed by atoms with E-state index in [1.807, 2.05) is 58.0 Å². The van der Waals surface area contributed by atoms with Gasteiger partial charge in [0.05, 0.1) is 12.5 Å². The molecule has 2 aromatic carbocycles. The second-order valence-corrected chi connectivity index (χ2v) is 8.27. The van der Waals surface area contributed by atoms with Crippen LogP contribution >= 0.6 is 0 Å². The molecule has 0 saturated heterocycles. The topological polar surface area (TPSA) is 55.8 Å². The first-order chi connectivity index (χ1) is 13.1. The fraction of sp³-hybridized carbons (Fsp3) is 0.458. The highest BCUT2D eigenvalue weighted by atomic mass is 16.5. The van der Waals surface area contributed by atoms with Gasteiger partial charge in [0.15, 0.2) is 0 Å². The SMILES string of the molecule is Cc1cc(O)c(C(C)(C)CCOC(=O)C(C)C)c(C)c1OCc1ccccc1. The van der Waals surface area contributed by atoms with Crippen LogP contribution in [0.5, 0.6) is 11.5 Å². The fourth-order valence-electron chi connectivity index (χ4n) is 3.45. The fourth-order valence-corrected chi connectivity index (χ4v) is 3.45. The Morgan fingerprint density at radius 1 is 1.14 bits per heavy atom. The number of aromatic hydroxyl groups is 1. The molecule has 152 valence electrons. The van der Waals surface area contributed by atoms with Crippen LogP contribution in [0.4, 0.5) is 0 Å². The molecule has 28 heavy (non-hydrogen) atoms. The summed E-state index contributed by atoms with van der Waals surface area (Å²) in [6.45, 7) is 12.4. The number of phenols is 1. The lowest BCUT2D eigenvalue weighted by atomic mass is 9.78. The zero-order valence-corrected chi connectivity index (χ0v) is 17.8. The highest BCUT2D eigenvalue weighted by Gasteiger charge is 2.29. The number of carbonyl (C=O) groups is 1. The number of ether oxygens (including phenoxy) is 2. The summed E-state index contributed by atoms with van der Waals surface area (Å²) in [7, 11) is 0. The molecule has 0 fully saturated rings. The number of hydrogen-bond donors (Lipinski definition) is 1. The monoisotopic (exact) mass is 384 g/mol. The maximum Gasteiger partial charge on any atom is 0.308 e. The van der Waals surface area contributed by atoms with Crippen LogP contribution in [0.3, 0.4) is 0 Å². The Bertz CT molecular complexity index is 807. The molecular weight excluding hydrogens is 352 g/mol. The van der Waals surface area contributed by atoms with Crippen LogP contribution in [-0.4, -0.2) is 17.7 Å². The molecule has 0 aliphatic rings. The zero-order chi connectivity index (χ0) is 20.9. The van der Waals surface area contributed by atoms with Crippen LogP contribution in [0, 0.1) is 19.8 Å². The van der Waals surface area contributed by atoms with Crippen LogP contribution in [0.15, 0.2) is 36.4 Å². The second kappa shape index (κ2) is 9.13. The minimum absolute atomic E-state index is 0.143. The normalized spacial score (nSPS) is 11.5. The summed E-state index contributed by atoms with van der Waals surface area (Å²) in [6, 6.07) is 11.8. The van der Waals surface area contributed by atoms with Crippen molar-refractivity contribution in [2.45, 2.75) is 60.0 Å². The third kappa shape index (κ3) is 5.28. The molecule has 4 nitrogen and oxygen atoms in total. The van der Waals surface area contributed by atoms with Gasteiger partial charge in [-0.25, -0.2) is 0 Å². The Kier molecular flexibility index (Phi) is 7.11. The van der Waals surface area contributed by atoms with Crippen molar-refractivity contribution in [2.24, 2.45) is 5.92 Å². The predicted molar refractivity (Wildman–Crippen MR) is 112 cm³/mol. The van der Waals surface area contributed by atoms with Crippen molar-refractivity contribution in [1.29, 1.82) is 0 Å². The lowest BCUT2D eigenvalue weighted by molar-refractivity contribution is -0.147. The van der Waals surface area contributed by atoms with Gasteiger partial charge >= 0.3 is 5.97 Å². The van der Waals surface area contributed by atoms with Crippen LogP contribution in [0.25, 0.3) is 0 Å². The standard InChI is InChI=1S/C24H32O4/c1-16(2)23(26)27-13-12-24(5,6)21-18(4)22(17(3)14-20(21)25)28-15-19-10-8-7-9-11-19/h7-11,14,16,25H,12-13,15H2,1-6H3. The van der Waals surface area contributed by atoms with E-state index in [1.54, 1.807) is 6.07 Å². The van der Waals surface area contributed by atoms with E-state index in [0.717, 1.165) is 28.0 Å². The van der Waals surface area contributed by atoms with Gasteiger partial charge in [-0.05, 0) is 48.4 Å². The molecule has 0 bridgehead atoms. The van der Waals surface area contributed by atoms with E-state index in [-0.39, 0.29) is 23.1 Å². The molecule has 0 radical (unpaired) electrons. The molecule has 2 aromatic rings. The van der Waals surface area contributed by atoms with Gasteiger partial charge in [0.1, 0.15) is 18.1 Å². The summed E-state index contributed by atoms with van der Waals surface area (Å²) in [5.41, 5.74) is 3.38. The first-order valence-corrected chi connectivity index (χ1v) is 9.80. The van der Waals surface area contributed by atoms with Gasteiger partial charge in [-0.1, -0.05) is 58.0 Å². The molecule has 4 heteroatoms. The highest BCUT2D eigenvalue weighted by Crippen LogP contribution is 2.42. The molecule has 0 amide bonds. The Hall–Kier alpha value is -2.49. The molecule has 2 rings (SSSR count). The van der Waals surface area contributed by atoms with Crippen molar-refractivity contribution in [3.8, 4) is 11.5 Å². The summed E-state index contributed by atoms with van der Waals surface area (Å²) >= 11 is 0. The van der Waals surface area contributed by atoms with E-state index in [9.17, 15) is 9.90 Å². The van der Waals surface area contributed by atoms with E-state index < -0.39 is 0 Å². The molecule has 0 aliphatic carbocycles. The lowest BCUT2D eigenvalue weighted by Gasteiger charge is -2.29. The Morgan fingerprint density at radius 3 is 2.39 bits per heavy atom. The summed E-state index contributed by atoms with van der Waals surface area (Å²) in [6.07, 6.45) is 0.612. The van der Waals surface area contributed by atoms with Gasteiger partial charge in [-0.2, -0.15) is 0 Å². The summed E-state index contributed by atoms with van der Waals surface area (Å²) in [5, 5.41) is 10.7. The Balaban J connectivity index is 2.22. The number of rotatable bonds is 8. The van der Waals surface area contributed by atoms with Crippen LogP contribution in [0.2, 0.25) is 0 Å². The van der Waals surface area contributed by atoms with Crippen LogP contribution in [0.1, 0.15) is 56.4 Å². The third-order valence-corrected chi connectivity index (χ3v) is 5.03. The molecule has 0 aromatic heterocycles. The number of aryl methyl sites for hydroxylation is 1. The number of esters is 1. The van der Waals surface area contributed by atoms with Gasteiger partial charge < -0.3 is 14.6 Å². The van der Waals surface area contributed by atoms with Crippen LogP contribution in [-0.2, 0) is 21.6 Å². The van der Waals surface area contributed by atoms with Gasteiger partial charge in [0.2, 0.25) is 0 Å². The summed E-state index contributed by atoms with van der Waals surface area (Å²) < 4.78 is 11.5. The highest BCUT2D eigenvalue weighted by molar-refractivity contribution is 5.71. The quantitative estimate of drug-likeness (QED) is 0.615. The smallest absolute Gasteiger partial charge is 0.308 e. The minimum atomic E-state index is -0.371. The van der Waals surface area contributed by atoms with E-state index in [0.29, 0.717) is 19.6 Å². The van der Waals surface area contributed by atoms with Crippen LogP contribution < -0.4 is 4.74 Å². The van der Waals surface area contributed by atoms with Crippen molar-refractivity contribution in [3.05, 3.63) is 58.7 Å². The maximum absolute atomic E-state index is 11.7. The van der Waals surface area contributed by atoms with Crippen molar-refractivity contribution in [3.63, 3.8) is 0 Å². The lowest BCUT2D eigenvalue weighted by Crippen LogP contribution is -2.23. The van der Waals surface area contributed by atoms with Gasteiger partial charge in [0, 0.05) is 5.56 Å². The first kappa shape index (κ1) is 21.8. The van der Waals surface area contributed by atoms with Crippen molar-refractivity contribution < 1.29 is 19.4 Å². The molecule has 0 aliphatic heterocycles. The number of hydrogen-bond acceptors (Lipinski definition) is 4. The zero-order valence-electron chi connectivity index (χ0n) is 17.8. The van der Waals surface area contributed by atoms with Gasteiger partial charge in [-0.3, -0.25) is 4.79 Å². The molecular formula is C24H32O4. The molecule has 0 unspecified atom stereocenters.